The number of aldehydes is 1. The molecule has 0 unspecified atom stereocenters. The Morgan fingerprint density at radius 1 is 0.963 bits per heavy atom. The van der Waals surface area contributed by atoms with E-state index in [0.29, 0.717) is 5.57 Å². The van der Waals surface area contributed by atoms with Crippen molar-refractivity contribution in [2.75, 3.05) is 0 Å². The summed E-state index contributed by atoms with van der Waals surface area (Å²) in [7, 11) is -2.37. The maximum absolute atomic E-state index is 11.5. The van der Waals surface area contributed by atoms with Gasteiger partial charge in [0, 0.05) is 5.57 Å². The number of hydrogen-bond donors (Lipinski definition) is 0. The maximum atomic E-state index is 11.5. The number of carbonyl (C=O) groups is 1. The van der Waals surface area contributed by atoms with Gasteiger partial charge in [0.25, 0.3) is 0 Å². The molecule has 0 atom stereocenters. The molecular weight excluding hydrogens is 344 g/mol. The van der Waals surface area contributed by atoms with E-state index in [1.54, 1.807) is 0 Å². The number of benzene rings is 2. The highest BCUT2D eigenvalue weighted by atomic mass is 28.3. The molecule has 0 bridgehead atoms. The average Bonchev–Trinajstić information content (AvgIpc) is 2.67. The molecule has 2 aromatic rings. The summed E-state index contributed by atoms with van der Waals surface area (Å²) < 4.78 is 0. The lowest BCUT2D eigenvalue weighted by molar-refractivity contribution is -0.104. The molecule has 0 aliphatic rings. The van der Waals surface area contributed by atoms with Crippen LogP contribution in [0.4, 0.5) is 0 Å². The third kappa shape index (κ3) is 4.40. The molecule has 0 N–H and O–H groups in total. The summed E-state index contributed by atoms with van der Waals surface area (Å²) in [6.45, 7) is 11.1. The zero-order valence-corrected chi connectivity index (χ0v) is 18.4. The van der Waals surface area contributed by atoms with Crippen LogP contribution in [0.3, 0.4) is 0 Å². The van der Waals surface area contributed by atoms with Crippen LogP contribution in [-0.4, -0.2) is 14.4 Å². The van der Waals surface area contributed by atoms with Crippen molar-refractivity contribution in [3.05, 3.63) is 77.2 Å². The monoisotopic (exact) mass is 376 g/mol. The normalized spacial score (nSPS) is 11.6. The Labute approximate surface area is 165 Å². The number of allylic oxidation sites excluding steroid dienone is 1. The number of rotatable bonds is 7. The Morgan fingerprint density at radius 3 is 1.81 bits per heavy atom. The SMILES string of the molecule is CCCCC(=C=C(C)C=O)[Si](c1ccccc1)(c1ccccc1)C(C)(C)C. The summed E-state index contributed by atoms with van der Waals surface area (Å²) in [4.78, 5) is 11.5. The van der Waals surface area contributed by atoms with Crippen molar-refractivity contribution in [2.24, 2.45) is 0 Å². The van der Waals surface area contributed by atoms with E-state index in [1.807, 2.05) is 6.92 Å². The molecule has 0 saturated carbocycles. The van der Waals surface area contributed by atoms with Crippen molar-refractivity contribution in [3.8, 4) is 0 Å². The second-order valence-electron chi connectivity index (χ2n) is 8.24. The lowest BCUT2D eigenvalue weighted by Crippen LogP contribution is -2.65. The van der Waals surface area contributed by atoms with E-state index in [0.717, 1.165) is 25.5 Å². The molecule has 0 aliphatic heterocycles. The summed E-state index contributed by atoms with van der Waals surface area (Å²) in [6.07, 6.45) is 4.15. The van der Waals surface area contributed by atoms with Crippen molar-refractivity contribution in [2.45, 2.75) is 58.9 Å². The largest absolute Gasteiger partial charge is 0.298 e. The Kier molecular flexibility index (Phi) is 7.18. The van der Waals surface area contributed by atoms with Crippen molar-refractivity contribution < 1.29 is 4.79 Å². The maximum Gasteiger partial charge on any atom is 0.157 e. The van der Waals surface area contributed by atoms with Crippen LogP contribution in [0.1, 0.15) is 53.9 Å². The first kappa shape index (κ1) is 21.2. The Hall–Kier alpha value is -2.15. The minimum Gasteiger partial charge on any atom is -0.298 e. The van der Waals surface area contributed by atoms with Gasteiger partial charge in [-0.2, -0.15) is 0 Å². The lowest BCUT2D eigenvalue weighted by atomic mass is 10.2. The van der Waals surface area contributed by atoms with E-state index in [-0.39, 0.29) is 5.04 Å². The van der Waals surface area contributed by atoms with Crippen molar-refractivity contribution in [3.63, 3.8) is 0 Å². The first-order valence-electron chi connectivity index (χ1n) is 9.91. The van der Waals surface area contributed by atoms with Crippen molar-refractivity contribution in [1.29, 1.82) is 0 Å². The van der Waals surface area contributed by atoms with Gasteiger partial charge >= 0.3 is 0 Å². The summed E-state index contributed by atoms with van der Waals surface area (Å²) in [5.41, 5.74) is 4.26. The molecule has 2 heteroatoms. The Bertz CT molecular complexity index is 767. The van der Waals surface area contributed by atoms with Gasteiger partial charge in [0.05, 0.1) is 0 Å². The Morgan fingerprint density at radius 2 is 1.44 bits per heavy atom. The molecule has 0 saturated heterocycles. The van der Waals surface area contributed by atoms with Gasteiger partial charge in [-0.15, -0.1) is 5.73 Å². The fourth-order valence-corrected chi connectivity index (χ4v) is 10.2. The second kappa shape index (κ2) is 9.17. The second-order valence-corrected chi connectivity index (χ2v) is 13.0. The third-order valence-corrected chi connectivity index (χ3v) is 11.2. The smallest absolute Gasteiger partial charge is 0.157 e. The van der Waals surface area contributed by atoms with Gasteiger partial charge in [-0.25, -0.2) is 0 Å². The summed E-state index contributed by atoms with van der Waals surface area (Å²) in [5.74, 6) is 0. The molecule has 0 aliphatic carbocycles. The molecule has 142 valence electrons. The highest BCUT2D eigenvalue weighted by molar-refractivity contribution is 7.09. The molecule has 1 nitrogen and oxygen atoms in total. The van der Waals surface area contributed by atoms with Gasteiger partial charge < -0.3 is 0 Å². The van der Waals surface area contributed by atoms with E-state index < -0.39 is 8.07 Å². The van der Waals surface area contributed by atoms with Crippen LogP contribution in [0.15, 0.2) is 77.2 Å². The summed E-state index contributed by atoms with van der Waals surface area (Å²) >= 11 is 0. The lowest BCUT2D eigenvalue weighted by Gasteiger charge is -2.45. The minimum atomic E-state index is -2.37. The highest BCUT2D eigenvalue weighted by Crippen LogP contribution is 2.41. The van der Waals surface area contributed by atoms with Crippen LogP contribution in [-0.2, 0) is 4.79 Å². The van der Waals surface area contributed by atoms with Gasteiger partial charge in [-0.1, -0.05) is 94.8 Å². The van der Waals surface area contributed by atoms with Gasteiger partial charge in [-0.05, 0) is 40.4 Å². The first-order valence-corrected chi connectivity index (χ1v) is 11.9. The fourth-order valence-electron chi connectivity index (χ4n) is 4.17. The molecule has 2 aromatic carbocycles. The van der Waals surface area contributed by atoms with E-state index >= 15 is 0 Å². The first-order chi connectivity index (χ1) is 12.9. The van der Waals surface area contributed by atoms with Gasteiger partial charge in [0.15, 0.2) is 14.4 Å². The number of carbonyl (C=O) groups excluding carboxylic acids is 1. The van der Waals surface area contributed by atoms with Crippen LogP contribution in [0.5, 0.6) is 0 Å². The average molecular weight is 377 g/mol. The van der Waals surface area contributed by atoms with E-state index in [9.17, 15) is 4.79 Å². The van der Waals surface area contributed by atoms with Crippen LogP contribution in [0, 0.1) is 0 Å². The van der Waals surface area contributed by atoms with Gasteiger partial charge in [0.2, 0.25) is 0 Å². The quantitative estimate of drug-likeness (QED) is 0.272. The predicted octanol–water partition coefficient (Wildman–Crippen LogP) is 5.45. The fraction of sp³-hybridized carbons (Fsp3) is 0.360. The summed E-state index contributed by atoms with van der Waals surface area (Å²) in [6, 6.07) is 21.8. The molecule has 0 radical (unpaired) electrons. The van der Waals surface area contributed by atoms with Crippen LogP contribution < -0.4 is 10.4 Å². The topological polar surface area (TPSA) is 17.1 Å². The molecule has 27 heavy (non-hydrogen) atoms. The third-order valence-electron chi connectivity index (χ3n) is 5.30. The zero-order chi connectivity index (χ0) is 19.9. The number of hydrogen-bond acceptors (Lipinski definition) is 1. The van der Waals surface area contributed by atoms with Crippen molar-refractivity contribution in [1.82, 2.24) is 0 Å². The molecule has 0 aromatic heterocycles. The van der Waals surface area contributed by atoms with E-state index in [1.165, 1.54) is 15.6 Å². The number of unbranched alkanes of at least 4 members (excludes halogenated alkanes) is 1. The van der Waals surface area contributed by atoms with Crippen LogP contribution in [0.2, 0.25) is 5.04 Å². The molecule has 0 fully saturated rings. The van der Waals surface area contributed by atoms with Crippen LogP contribution in [0.25, 0.3) is 0 Å². The Balaban J connectivity index is 2.98. The van der Waals surface area contributed by atoms with Crippen LogP contribution >= 0.6 is 0 Å². The van der Waals surface area contributed by atoms with Gasteiger partial charge in [-0.3, -0.25) is 4.79 Å². The predicted molar refractivity (Wildman–Crippen MR) is 119 cm³/mol. The minimum absolute atomic E-state index is 0.0367. The molecular formula is C25H32OSi. The highest BCUT2D eigenvalue weighted by Gasteiger charge is 2.50. The molecule has 0 spiro atoms. The summed E-state index contributed by atoms with van der Waals surface area (Å²) in [5, 5.41) is 4.15. The van der Waals surface area contributed by atoms with E-state index in [4.69, 9.17) is 0 Å². The molecule has 2 rings (SSSR count). The molecule has 0 heterocycles. The van der Waals surface area contributed by atoms with Gasteiger partial charge in [0.1, 0.15) is 0 Å². The zero-order valence-electron chi connectivity index (χ0n) is 17.4. The molecule has 0 amide bonds. The van der Waals surface area contributed by atoms with Crippen molar-refractivity contribution >= 4 is 24.7 Å². The van der Waals surface area contributed by atoms with E-state index in [2.05, 4.69) is 94.1 Å². The standard InChI is InChI=1S/C25H32OSi/c1-6-7-14-24(19-21(2)20-26)27(25(3,4)5,22-15-10-8-11-16-22)23-17-12-9-13-18-23/h8-13,15-18,20H,6-7,14H2,1-5H3.